The molecule has 0 radical (unpaired) electrons. The number of fused-ring (bicyclic) bond motifs is 1. The summed E-state index contributed by atoms with van der Waals surface area (Å²) in [6.45, 7) is 8.47. The fourth-order valence-corrected chi connectivity index (χ4v) is 5.59. The minimum Gasteiger partial charge on any atom is -0.381 e. The van der Waals surface area contributed by atoms with E-state index in [2.05, 4.69) is 43.0 Å². The normalized spacial score (nSPS) is 19.7. The summed E-state index contributed by atoms with van der Waals surface area (Å²) >= 11 is 0. The standard InChI is InChI=1S/C30H32F2N6O2/c1-29(2,3)19-11-12-30(4,27-18(19)13-23(36-37-27)26-20(31)7-5-8-21(26)32)25-10-6-9-22(35-25)17-14-34-38(15-17)16-24(39)28(33)40/h5-10,13-15,19,24,39H,11-12,16H2,1-4H3,(H2,33,40)/t19-,24+,30+/m0/s1. The van der Waals surface area contributed by atoms with Crippen LogP contribution in [0.15, 0.2) is 54.9 Å². The maximum atomic E-state index is 14.7. The third kappa shape index (κ3) is 4.99. The van der Waals surface area contributed by atoms with Gasteiger partial charge in [-0.05, 0) is 67.0 Å². The van der Waals surface area contributed by atoms with Crippen molar-refractivity contribution >= 4 is 5.91 Å². The van der Waals surface area contributed by atoms with Gasteiger partial charge < -0.3 is 10.8 Å². The van der Waals surface area contributed by atoms with Gasteiger partial charge in [0.2, 0.25) is 5.91 Å². The van der Waals surface area contributed by atoms with Gasteiger partial charge in [-0.2, -0.15) is 10.2 Å². The fourth-order valence-electron chi connectivity index (χ4n) is 5.59. The first kappa shape index (κ1) is 27.5. The molecule has 1 amide bonds. The van der Waals surface area contributed by atoms with Crippen LogP contribution in [0.4, 0.5) is 8.78 Å². The first-order chi connectivity index (χ1) is 18.9. The molecule has 1 aliphatic rings. The molecule has 0 unspecified atom stereocenters. The van der Waals surface area contributed by atoms with E-state index in [4.69, 9.17) is 10.7 Å². The van der Waals surface area contributed by atoms with Gasteiger partial charge in [-0.1, -0.05) is 32.9 Å². The van der Waals surface area contributed by atoms with Crippen LogP contribution in [-0.2, 0) is 16.8 Å². The number of carbonyl (C=O) groups excluding carboxylic acids is 1. The summed E-state index contributed by atoms with van der Waals surface area (Å²) in [5, 5.41) is 23.0. The van der Waals surface area contributed by atoms with Crippen molar-refractivity contribution in [2.75, 3.05) is 0 Å². The highest BCUT2D eigenvalue weighted by atomic mass is 19.1. The first-order valence-corrected chi connectivity index (χ1v) is 13.2. The van der Waals surface area contributed by atoms with Gasteiger partial charge in [0.1, 0.15) is 11.6 Å². The second kappa shape index (κ2) is 10.2. The molecular formula is C30H32F2N6O2. The Morgan fingerprint density at radius 1 is 1.15 bits per heavy atom. The highest BCUT2D eigenvalue weighted by Gasteiger charge is 2.44. The molecular weight excluding hydrogens is 514 g/mol. The molecule has 3 heterocycles. The number of hydrogen-bond donors (Lipinski definition) is 2. The van der Waals surface area contributed by atoms with Crippen LogP contribution >= 0.6 is 0 Å². The van der Waals surface area contributed by atoms with Crippen LogP contribution in [0, 0.1) is 17.0 Å². The van der Waals surface area contributed by atoms with E-state index >= 15 is 0 Å². The Morgan fingerprint density at radius 2 is 1.85 bits per heavy atom. The molecule has 0 fully saturated rings. The maximum Gasteiger partial charge on any atom is 0.248 e. The number of aromatic nitrogens is 5. The lowest BCUT2D eigenvalue weighted by atomic mass is 9.62. The number of pyridine rings is 1. The zero-order valence-corrected chi connectivity index (χ0v) is 22.9. The van der Waals surface area contributed by atoms with Gasteiger partial charge in [0.25, 0.3) is 0 Å². The van der Waals surface area contributed by atoms with Crippen LogP contribution in [0.3, 0.4) is 0 Å². The zero-order chi connectivity index (χ0) is 28.8. The van der Waals surface area contributed by atoms with E-state index in [9.17, 15) is 18.7 Å². The van der Waals surface area contributed by atoms with E-state index in [1.165, 1.54) is 22.9 Å². The van der Waals surface area contributed by atoms with Gasteiger partial charge in [-0.25, -0.2) is 8.78 Å². The Morgan fingerprint density at radius 3 is 2.52 bits per heavy atom. The van der Waals surface area contributed by atoms with Crippen LogP contribution < -0.4 is 5.73 Å². The Balaban J connectivity index is 1.58. The minimum atomic E-state index is -1.35. The average molecular weight is 547 g/mol. The van der Waals surface area contributed by atoms with Crippen molar-refractivity contribution in [3.63, 3.8) is 0 Å². The summed E-state index contributed by atoms with van der Waals surface area (Å²) in [6.07, 6.45) is 3.54. The molecule has 40 heavy (non-hydrogen) atoms. The molecule has 5 rings (SSSR count). The van der Waals surface area contributed by atoms with E-state index in [0.717, 1.165) is 29.8 Å². The lowest BCUT2D eigenvalue weighted by Gasteiger charge is -2.42. The molecule has 1 aliphatic carbocycles. The maximum absolute atomic E-state index is 14.7. The molecule has 0 spiro atoms. The van der Waals surface area contributed by atoms with Gasteiger partial charge in [0.05, 0.1) is 46.5 Å². The first-order valence-electron chi connectivity index (χ1n) is 13.2. The molecule has 3 aromatic heterocycles. The number of nitrogens with zero attached hydrogens (tertiary/aromatic N) is 5. The van der Waals surface area contributed by atoms with Crippen molar-refractivity contribution in [3.8, 4) is 22.5 Å². The van der Waals surface area contributed by atoms with Crippen LogP contribution in [0.25, 0.3) is 22.5 Å². The van der Waals surface area contributed by atoms with Crippen LogP contribution in [0.5, 0.6) is 0 Å². The highest BCUT2D eigenvalue weighted by Crippen LogP contribution is 2.51. The number of primary amides is 1. The number of carbonyl (C=O) groups is 1. The SMILES string of the molecule is CC(C)(C)[C@H]1CC[C@](C)(c2cccc(-c3cnn(C[C@@H](O)C(N)=O)c3)n2)c2nnc(-c3c(F)cccc3F)cc21. The van der Waals surface area contributed by atoms with Gasteiger partial charge in [-0.3, -0.25) is 14.5 Å². The summed E-state index contributed by atoms with van der Waals surface area (Å²) in [5.74, 6) is -2.09. The van der Waals surface area contributed by atoms with Crippen LogP contribution in [-0.4, -0.2) is 42.1 Å². The van der Waals surface area contributed by atoms with Gasteiger partial charge in [0, 0.05) is 11.8 Å². The minimum absolute atomic E-state index is 0.0607. The predicted molar refractivity (Wildman–Crippen MR) is 146 cm³/mol. The molecule has 0 saturated carbocycles. The molecule has 4 aromatic rings. The lowest BCUT2D eigenvalue weighted by Crippen LogP contribution is -2.36. The summed E-state index contributed by atoms with van der Waals surface area (Å²) in [5.41, 5.74) is 8.22. The number of benzene rings is 1. The third-order valence-corrected chi connectivity index (χ3v) is 7.85. The second-order valence-corrected chi connectivity index (χ2v) is 11.7. The number of aliphatic hydroxyl groups excluding tert-OH is 1. The molecule has 0 bridgehead atoms. The van der Waals surface area contributed by atoms with Gasteiger partial charge in [0.15, 0.2) is 6.10 Å². The van der Waals surface area contributed by atoms with Crippen molar-refractivity contribution in [1.29, 1.82) is 0 Å². The average Bonchev–Trinajstić information content (AvgIpc) is 3.36. The van der Waals surface area contributed by atoms with E-state index in [1.807, 2.05) is 18.2 Å². The summed E-state index contributed by atoms with van der Waals surface area (Å²) in [6, 6.07) is 11.3. The molecule has 1 aromatic carbocycles. The summed E-state index contributed by atoms with van der Waals surface area (Å²) < 4.78 is 30.8. The van der Waals surface area contributed by atoms with Crippen molar-refractivity contribution in [2.24, 2.45) is 11.1 Å². The number of hydrogen-bond acceptors (Lipinski definition) is 6. The largest absolute Gasteiger partial charge is 0.381 e. The number of aliphatic hydroxyl groups is 1. The summed E-state index contributed by atoms with van der Waals surface area (Å²) in [4.78, 5) is 16.2. The Hall–Kier alpha value is -4.05. The molecule has 208 valence electrons. The quantitative estimate of drug-likeness (QED) is 0.360. The van der Waals surface area contributed by atoms with E-state index in [0.29, 0.717) is 11.3 Å². The predicted octanol–water partition coefficient (Wildman–Crippen LogP) is 4.76. The van der Waals surface area contributed by atoms with E-state index in [-0.39, 0.29) is 29.1 Å². The molecule has 0 saturated heterocycles. The fraction of sp³-hybridized carbons (Fsp3) is 0.367. The lowest BCUT2D eigenvalue weighted by molar-refractivity contribution is -0.126. The van der Waals surface area contributed by atoms with Crippen molar-refractivity contribution in [3.05, 3.63) is 83.4 Å². The number of halogens is 2. The molecule has 3 atom stereocenters. The topological polar surface area (TPSA) is 120 Å². The smallest absolute Gasteiger partial charge is 0.248 e. The van der Waals surface area contributed by atoms with Crippen molar-refractivity contribution < 1.29 is 18.7 Å². The number of amides is 1. The highest BCUT2D eigenvalue weighted by molar-refractivity contribution is 5.78. The van der Waals surface area contributed by atoms with Gasteiger partial charge >= 0.3 is 0 Å². The van der Waals surface area contributed by atoms with E-state index in [1.54, 1.807) is 18.5 Å². The Labute approximate surface area is 231 Å². The van der Waals surface area contributed by atoms with Crippen molar-refractivity contribution in [1.82, 2.24) is 25.0 Å². The number of nitrogens with two attached hydrogens (primary N) is 1. The Kier molecular flexibility index (Phi) is 6.99. The molecule has 8 nitrogen and oxygen atoms in total. The zero-order valence-electron chi connectivity index (χ0n) is 22.9. The molecule has 3 N–H and O–H groups in total. The van der Waals surface area contributed by atoms with Crippen LogP contribution in [0.1, 0.15) is 63.4 Å². The second-order valence-electron chi connectivity index (χ2n) is 11.7. The van der Waals surface area contributed by atoms with Gasteiger partial charge in [-0.15, -0.1) is 5.10 Å². The number of rotatable bonds is 6. The molecule has 0 aliphatic heterocycles. The van der Waals surface area contributed by atoms with Crippen LogP contribution in [0.2, 0.25) is 0 Å². The monoisotopic (exact) mass is 546 g/mol. The van der Waals surface area contributed by atoms with E-state index < -0.39 is 29.1 Å². The summed E-state index contributed by atoms with van der Waals surface area (Å²) in [7, 11) is 0. The third-order valence-electron chi connectivity index (χ3n) is 7.85. The van der Waals surface area contributed by atoms with Crippen molar-refractivity contribution in [2.45, 2.75) is 64.5 Å². The molecule has 10 heteroatoms. The Bertz CT molecular complexity index is 1560.